The summed E-state index contributed by atoms with van der Waals surface area (Å²) in [6, 6.07) is 9.73. The Balaban J connectivity index is 2.87. The van der Waals surface area contributed by atoms with Gasteiger partial charge in [-0.1, -0.05) is 80.8 Å². The van der Waals surface area contributed by atoms with Crippen LogP contribution in [0.5, 0.6) is 0 Å². The molecule has 4 nitrogen and oxygen atoms in total. The predicted octanol–water partition coefficient (Wildman–Crippen LogP) is 4.67. The van der Waals surface area contributed by atoms with Crippen LogP contribution in [-0.4, -0.2) is 24.7 Å². The maximum absolute atomic E-state index is 12.8. The van der Waals surface area contributed by atoms with Gasteiger partial charge in [-0.15, -0.1) is 0 Å². The van der Waals surface area contributed by atoms with E-state index in [4.69, 9.17) is 0 Å². The molecule has 4 heteroatoms. The van der Waals surface area contributed by atoms with Gasteiger partial charge in [0.05, 0.1) is 0 Å². The molecule has 1 unspecified atom stereocenters. The van der Waals surface area contributed by atoms with E-state index < -0.39 is 6.04 Å². The first-order chi connectivity index (χ1) is 13.5. The largest absolute Gasteiger partial charge is 0.310 e. The zero-order chi connectivity index (χ0) is 20.8. The average molecular weight is 378 g/mol. The van der Waals surface area contributed by atoms with Crippen molar-refractivity contribution in [2.24, 2.45) is 4.99 Å². The van der Waals surface area contributed by atoms with Crippen LogP contribution in [0.1, 0.15) is 32.3 Å². The van der Waals surface area contributed by atoms with Gasteiger partial charge in [0.1, 0.15) is 11.9 Å². The molecule has 148 valence electrons. The van der Waals surface area contributed by atoms with Crippen LogP contribution in [-0.2, 0) is 4.79 Å². The lowest BCUT2D eigenvalue weighted by Gasteiger charge is -2.21. The second-order valence-corrected chi connectivity index (χ2v) is 6.42. The zero-order valence-corrected chi connectivity index (χ0v) is 17.1. The number of hydrogen-bond donors (Lipinski definition) is 2. The van der Waals surface area contributed by atoms with Crippen LogP contribution in [0.3, 0.4) is 0 Å². The molecular weight excluding hydrogens is 346 g/mol. The maximum atomic E-state index is 12.8. The van der Waals surface area contributed by atoms with Crippen molar-refractivity contribution in [2.75, 3.05) is 6.54 Å². The summed E-state index contributed by atoms with van der Waals surface area (Å²) >= 11 is 0. The van der Waals surface area contributed by atoms with Crippen LogP contribution >= 0.6 is 0 Å². The highest BCUT2D eigenvalue weighted by Gasteiger charge is 2.21. The van der Waals surface area contributed by atoms with Gasteiger partial charge in [-0.25, -0.2) is 4.99 Å². The Labute approximate surface area is 169 Å². The molecule has 0 bridgehead atoms. The van der Waals surface area contributed by atoms with Gasteiger partial charge in [-0.05, 0) is 37.0 Å². The standard InChI is InChI=1S/C24H31N3O/c1-6-8-11-14-19(3)23(24(28)27-21(5)25-17-9-7-2)26-18-20(4)22-15-12-10-13-16-22/h6-17,20,23,26H,1,5,18H2,2-4H3,(H,27,28)/b9-7-,11-8-,19-14+,25-17-/t20?,23-/m1/s1. The lowest BCUT2D eigenvalue weighted by molar-refractivity contribution is -0.121. The van der Waals surface area contributed by atoms with Gasteiger partial charge in [0.2, 0.25) is 5.91 Å². The van der Waals surface area contributed by atoms with Crippen LogP contribution in [0.25, 0.3) is 0 Å². The van der Waals surface area contributed by atoms with Crippen molar-refractivity contribution in [3.63, 3.8) is 0 Å². The molecule has 0 spiro atoms. The number of hydrogen-bond acceptors (Lipinski definition) is 3. The fourth-order valence-electron chi connectivity index (χ4n) is 2.50. The first-order valence-electron chi connectivity index (χ1n) is 9.38. The molecule has 2 N–H and O–H groups in total. The molecule has 0 saturated heterocycles. The number of carbonyl (C=O) groups is 1. The monoisotopic (exact) mass is 377 g/mol. The van der Waals surface area contributed by atoms with Crippen molar-refractivity contribution in [1.29, 1.82) is 0 Å². The van der Waals surface area contributed by atoms with Crippen LogP contribution in [0.2, 0.25) is 0 Å². The van der Waals surface area contributed by atoms with E-state index in [1.807, 2.05) is 56.4 Å². The Morgan fingerprint density at radius 2 is 1.93 bits per heavy atom. The van der Waals surface area contributed by atoms with Gasteiger partial charge >= 0.3 is 0 Å². The minimum absolute atomic E-state index is 0.191. The first kappa shape index (κ1) is 23.1. The van der Waals surface area contributed by atoms with E-state index in [0.717, 1.165) is 5.57 Å². The second kappa shape index (κ2) is 13.2. The number of allylic oxidation sites excluding steroid dienone is 6. The van der Waals surface area contributed by atoms with Crippen molar-refractivity contribution in [1.82, 2.24) is 10.6 Å². The van der Waals surface area contributed by atoms with Gasteiger partial charge < -0.3 is 10.6 Å². The smallest absolute Gasteiger partial charge is 0.246 e. The van der Waals surface area contributed by atoms with Crippen molar-refractivity contribution in [3.8, 4) is 0 Å². The normalized spacial score (nSPS) is 14.5. The van der Waals surface area contributed by atoms with Crippen molar-refractivity contribution < 1.29 is 4.79 Å². The molecule has 0 radical (unpaired) electrons. The highest BCUT2D eigenvalue weighted by Crippen LogP contribution is 2.14. The molecule has 0 heterocycles. The van der Waals surface area contributed by atoms with Crippen molar-refractivity contribution in [2.45, 2.75) is 32.7 Å². The molecule has 1 rings (SSSR count). The molecule has 0 aliphatic rings. The van der Waals surface area contributed by atoms with Gasteiger partial charge in [-0.2, -0.15) is 0 Å². The summed E-state index contributed by atoms with van der Waals surface area (Å²) in [6.45, 7) is 14.1. The molecule has 1 aromatic carbocycles. The summed E-state index contributed by atoms with van der Waals surface area (Å²) in [4.78, 5) is 16.9. The van der Waals surface area contributed by atoms with E-state index in [-0.39, 0.29) is 11.8 Å². The number of carbonyl (C=O) groups excluding carboxylic acids is 1. The van der Waals surface area contributed by atoms with Gasteiger partial charge in [0.25, 0.3) is 0 Å². The SMILES string of the molecule is C=C/C=C\C=C(/C)[C@@H](NCC(C)c1ccccc1)C(=O)NC(=C)/N=C\C=C/C. The molecular formula is C24H31N3O. The van der Waals surface area contributed by atoms with E-state index in [1.54, 1.807) is 18.4 Å². The fourth-order valence-corrected chi connectivity index (χ4v) is 2.50. The quantitative estimate of drug-likeness (QED) is 0.435. The second-order valence-electron chi connectivity index (χ2n) is 6.42. The Kier molecular flexibility index (Phi) is 10.9. The minimum Gasteiger partial charge on any atom is -0.310 e. The molecule has 1 aromatic rings. The van der Waals surface area contributed by atoms with Gasteiger partial charge in [0, 0.05) is 12.8 Å². The highest BCUT2D eigenvalue weighted by molar-refractivity contribution is 5.86. The lowest BCUT2D eigenvalue weighted by Crippen LogP contribution is -2.45. The number of amides is 1. The number of nitrogens with one attached hydrogen (secondary N) is 2. The van der Waals surface area contributed by atoms with Crippen LogP contribution < -0.4 is 10.6 Å². The van der Waals surface area contributed by atoms with Crippen LogP contribution in [0.4, 0.5) is 0 Å². The summed E-state index contributed by atoms with van der Waals surface area (Å²) in [6.07, 6.45) is 12.5. The molecule has 0 saturated carbocycles. The Bertz CT molecular complexity index is 757. The summed E-state index contributed by atoms with van der Waals surface area (Å²) in [5.74, 6) is 0.382. The highest BCUT2D eigenvalue weighted by atomic mass is 16.2. The molecule has 0 aliphatic heterocycles. The first-order valence-corrected chi connectivity index (χ1v) is 9.38. The Morgan fingerprint density at radius 1 is 1.21 bits per heavy atom. The van der Waals surface area contributed by atoms with E-state index in [9.17, 15) is 4.79 Å². The predicted molar refractivity (Wildman–Crippen MR) is 120 cm³/mol. The number of benzene rings is 1. The minimum atomic E-state index is -0.491. The van der Waals surface area contributed by atoms with Crippen molar-refractivity contribution >= 4 is 12.1 Å². The third-order valence-electron chi connectivity index (χ3n) is 4.10. The van der Waals surface area contributed by atoms with Gasteiger partial charge in [0.15, 0.2) is 0 Å². The Morgan fingerprint density at radius 3 is 2.57 bits per heavy atom. The van der Waals surface area contributed by atoms with Crippen molar-refractivity contribution in [3.05, 3.63) is 96.9 Å². The van der Waals surface area contributed by atoms with E-state index in [2.05, 4.69) is 47.8 Å². The van der Waals surface area contributed by atoms with E-state index >= 15 is 0 Å². The Hall–Kier alpha value is -2.98. The molecule has 2 atom stereocenters. The third kappa shape index (κ3) is 8.60. The molecule has 0 fully saturated rings. The van der Waals surface area contributed by atoms with E-state index in [1.165, 1.54) is 5.56 Å². The number of aliphatic imine (C=N–C) groups is 1. The third-order valence-corrected chi connectivity index (χ3v) is 4.10. The molecule has 0 aromatic heterocycles. The molecule has 28 heavy (non-hydrogen) atoms. The number of rotatable bonds is 11. The summed E-state index contributed by atoms with van der Waals surface area (Å²) < 4.78 is 0. The van der Waals surface area contributed by atoms with E-state index in [0.29, 0.717) is 12.4 Å². The fraction of sp³-hybridized carbons (Fsp3) is 0.250. The summed E-state index contributed by atoms with van der Waals surface area (Å²) in [5, 5.41) is 6.13. The van der Waals surface area contributed by atoms with Crippen LogP contribution in [0, 0.1) is 0 Å². The maximum Gasteiger partial charge on any atom is 0.246 e. The zero-order valence-electron chi connectivity index (χ0n) is 17.1. The van der Waals surface area contributed by atoms with Gasteiger partial charge in [-0.3, -0.25) is 4.79 Å². The summed E-state index contributed by atoms with van der Waals surface area (Å²) in [5.41, 5.74) is 2.11. The molecule has 0 aliphatic carbocycles. The number of nitrogens with zero attached hydrogens (tertiary/aromatic N) is 1. The lowest BCUT2D eigenvalue weighted by atomic mass is 10.00. The van der Waals surface area contributed by atoms with Crippen LogP contribution in [0.15, 0.2) is 96.3 Å². The average Bonchev–Trinajstić information content (AvgIpc) is 2.69. The topological polar surface area (TPSA) is 53.5 Å². The molecule has 1 amide bonds. The summed E-state index contributed by atoms with van der Waals surface area (Å²) in [7, 11) is 0.